The predicted molar refractivity (Wildman–Crippen MR) is 62.5 cm³/mol. The van der Waals surface area contributed by atoms with Gasteiger partial charge in [0.15, 0.2) is 0 Å². The molecule has 1 aromatic rings. The Bertz CT molecular complexity index is 386. The SMILES string of the molecule is CCNC1CC(c2ccccc2[N+](=O)[O-])C1. The van der Waals surface area contributed by atoms with Crippen LogP contribution in [-0.4, -0.2) is 17.5 Å². The van der Waals surface area contributed by atoms with Crippen molar-refractivity contribution >= 4 is 5.69 Å². The summed E-state index contributed by atoms with van der Waals surface area (Å²) < 4.78 is 0. The van der Waals surface area contributed by atoms with Crippen molar-refractivity contribution in [1.29, 1.82) is 0 Å². The quantitative estimate of drug-likeness (QED) is 0.626. The van der Waals surface area contributed by atoms with Gasteiger partial charge in [-0.15, -0.1) is 0 Å². The minimum Gasteiger partial charge on any atom is -0.314 e. The average molecular weight is 220 g/mol. The van der Waals surface area contributed by atoms with Gasteiger partial charge in [-0.2, -0.15) is 0 Å². The molecule has 1 fully saturated rings. The van der Waals surface area contributed by atoms with Crippen LogP contribution in [0.25, 0.3) is 0 Å². The second kappa shape index (κ2) is 4.61. The second-order valence-corrected chi connectivity index (χ2v) is 4.24. The Labute approximate surface area is 94.8 Å². The number of rotatable bonds is 4. The van der Waals surface area contributed by atoms with E-state index < -0.39 is 0 Å². The van der Waals surface area contributed by atoms with Crippen molar-refractivity contribution in [2.24, 2.45) is 0 Å². The maximum Gasteiger partial charge on any atom is 0.272 e. The lowest BCUT2D eigenvalue weighted by Gasteiger charge is -2.35. The maximum absolute atomic E-state index is 10.9. The Kier molecular flexibility index (Phi) is 3.19. The topological polar surface area (TPSA) is 55.2 Å². The van der Waals surface area contributed by atoms with E-state index in [4.69, 9.17) is 0 Å². The molecule has 1 saturated carbocycles. The summed E-state index contributed by atoms with van der Waals surface area (Å²) >= 11 is 0. The standard InChI is InChI=1S/C12H16N2O2/c1-2-13-10-7-9(8-10)11-5-3-4-6-12(11)14(15)16/h3-6,9-10,13H,2,7-8H2,1H3. The summed E-state index contributed by atoms with van der Waals surface area (Å²) in [5.74, 6) is 0.352. The van der Waals surface area contributed by atoms with Crippen LogP contribution in [0.4, 0.5) is 5.69 Å². The number of nitrogens with zero attached hydrogens (tertiary/aromatic N) is 1. The third kappa shape index (κ3) is 2.07. The van der Waals surface area contributed by atoms with Gasteiger partial charge in [0.1, 0.15) is 0 Å². The van der Waals surface area contributed by atoms with E-state index in [0.29, 0.717) is 12.0 Å². The van der Waals surface area contributed by atoms with Crippen LogP contribution in [0.3, 0.4) is 0 Å². The lowest BCUT2D eigenvalue weighted by molar-refractivity contribution is -0.385. The molecule has 0 saturated heterocycles. The van der Waals surface area contributed by atoms with Crippen molar-refractivity contribution < 1.29 is 4.92 Å². The molecule has 4 nitrogen and oxygen atoms in total. The van der Waals surface area contributed by atoms with E-state index in [1.165, 1.54) is 0 Å². The number of hydrogen-bond donors (Lipinski definition) is 1. The zero-order valence-corrected chi connectivity index (χ0v) is 9.35. The second-order valence-electron chi connectivity index (χ2n) is 4.24. The van der Waals surface area contributed by atoms with Crippen LogP contribution in [0.15, 0.2) is 24.3 Å². The van der Waals surface area contributed by atoms with Gasteiger partial charge in [0.25, 0.3) is 5.69 Å². The number of hydrogen-bond acceptors (Lipinski definition) is 3. The number of nitro benzene ring substituents is 1. The van der Waals surface area contributed by atoms with Crippen molar-refractivity contribution in [2.45, 2.75) is 31.7 Å². The molecule has 2 rings (SSSR count). The maximum atomic E-state index is 10.9. The molecular weight excluding hydrogens is 204 g/mol. The highest BCUT2D eigenvalue weighted by Crippen LogP contribution is 2.40. The number of benzene rings is 1. The first-order valence-electron chi connectivity index (χ1n) is 5.69. The fourth-order valence-corrected chi connectivity index (χ4v) is 2.33. The number of para-hydroxylation sites is 1. The molecule has 16 heavy (non-hydrogen) atoms. The highest BCUT2D eigenvalue weighted by Gasteiger charge is 2.33. The summed E-state index contributed by atoms with van der Waals surface area (Å²) in [6.45, 7) is 3.05. The molecule has 1 aliphatic carbocycles. The van der Waals surface area contributed by atoms with Crippen LogP contribution >= 0.6 is 0 Å². The molecule has 0 aromatic heterocycles. The molecule has 1 aromatic carbocycles. The summed E-state index contributed by atoms with van der Waals surface area (Å²) in [4.78, 5) is 10.6. The van der Waals surface area contributed by atoms with E-state index in [1.54, 1.807) is 12.1 Å². The lowest BCUT2D eigenvalue weighted by Crippen LogP contribution is -2.39. The Morgan fingerprint density at radius 2 is 2.12 bits per heavy atom. The molecule has 0 heterocycles. The van der Waals surface area contributed by atoms with Crippen LogP contribution in [-0.2, 0) is 0 Å². The Balaban J connectivity index is 2.08. The molecule has 4 heteroatoms. The van der Waals surface area contributed by atoms with Crippen molar-refractivity contribution in [3.05, 3.63) is 39.9 Å². The van der Waals surface area contributed by atoms with Gasteiger partial charge in [-0.25, -0.2) is 0 Å². The van der Waals surface area contributed by atoms with E-state index in [-0.39, 0.29) is 10.6 Å². The smallest absolute Gasteiger partial charge is 0.272 e. The molecular formula is C12H16N2O2. The third-order valence-electron chi connectivity index (χ3n) is 3.20. The fraction of sp³-hybridized carbons (Fsp3) is 0.500. The zero-order chi connectivity index (χ0) is 11.5. The van der Waals surface area contributed by atoms with E-state index in [2.05, 4.69) is 12.2 Å². The molecule has 0 radical (unpaired) electrons. The molecule has 86 valence electrons. The van der Waals surface area contributed by atoms with Crippen LogP contribution in [0.5, 0.6) is 0 Å². The first-order chi connectivity index (χ1) is 7.72. The largest absolute Gasteiger partial charge is 0.314 e. The summed E-state index contributed by atoms with van der Waals surface area (Å²) in [7, 11) is 0. The highest BCUT2D eigenvalue weighted by molar-refractivity contribution is 5.43. The fourth-order valence-electron chi connectivity index (χ4n) is 2.33. The summed E-state index contributed by atoms with van der Waals surface area (Å²) in [5, 5.41) is 14.2. The zero-order valence-electron chi connectivity index (χ0n) is 9.35. The normalized spacial score (nSPS) is 23.8. The average Bonchev–Trinajstić information content (AvgIpc) is 2.23. The molecule has 0 amide bonds. The van der Waals surface area contributed by atoms with Gasteiger partial charge in [-0.3, -0.25) is 10.1 Å². The van der Waals surface area contributed by atoms with Gasteiger partial charge in [-0.05, 0) is 25.3 Å². The van der Waals surface area contributed by atoms with Gasteiger partial charge < -0.3 is 5.32 Å². The molecule has 1 aliphatic rings. The molecule has 0 atom stereocenters. The highest BCUT2D eigenvalue weighted by atomic mass is 16.6. The Morgan fingerprint density at radius 3 is 2.75 bits per heavy atom. The van der Waals surface area contributed by atoms with Crippen molar-refractivity contribution in [1.82, 2.24) is 5.32 Å². The first-order valence-corrected chi connectivity index (χ1v) is 5.69. The van der Waals surface area contributed by atoms with Crippen LogP contribution < -0.4 is 5.32 Å². The van der Waals surface area contributed by atoms with Crippen molar-refractivity contribution in [2.75, 3.05) is 6.54 Å². The van der Waals surface area contributed by atoms with Gasteiger partial charge in [-0.1, -0.05) is 25.1 Å². The van der Waals surface area contributed by atoms with Crippen molar-refractivity contribution in [3.63, 3.8) is 0 Å². The van der Waals surface area contributed by atoms with E-state index >= 15 is 0 Å². The monoisotopic (exact) mass is 220 g/mol. The number of nitro groups is 1. The minimum atomic E-state index is -0.282. The van der Waals surface area contributed by atoms with E-state index in [0.717, 1.165) is 24.9 Å². The lowest BCUT2D eigenvalue weighted by atomic mass is 9.75. The van der Waals surface area contributed by atoms with Gasteiger partial charge in [0.2, 0.25) is 0 Å². The molecule has 0 unspecified atom stereocenters. The molecule has 0 spiro atoms. The Morgan fingerprint density at radius 1 is 1.44 bits per heavy atom. The van der Waals surface area contributed by atoms with E-state index in [1.807, 2.05) is 12.1 Å². The van der Waals surface area contributed by atoms with Crippen LogP contribution in [0, 0.1) is 10.1 Å². The third-order valence-corrected chi connectivity index (χ3v) is 3.20. The van der Waals surface area contributed by atoms with Gasteiger partial charge in [0.05, 0.1) is 4.92 Å². The molecule has 0 aliphatic heterocycles. The van der Waals surface area contributed by atoms with Crippen LogP contribution in [0.2, 0.25) is 0 Å². The first kappa shape index (κ1) is 11.1. The summed E-state index contributed by atoms with van der Waals surface area (Å²) in [5.41, 5.74) is 1.16. The molecule has 0 bridgehead atoms. The van der Waals surface area contributed by atoms with Gasteiger partial charge >= 0.3 is 0 Å². The van der Waals surface area contributed by atoms with E-state index in [9.17, 15) is 10.1 Å². The minimum absolute atomic E-state index is 0.266. The van der Waals surface area contributed by atoms with Crippen molar-refractivity contribution in [3.8, 4) is 0 Å². The number of nitrogens with one attached hydrogen (secondary N) is 1. The van der Waals surface area contributed by atoms with Gasteiger partial charge in [0, 0.05) is 17.7 Å². The molecule has 1 N–H and O–H groups in total. The predicted octanol–water partition coefficient (Wildman–Crippen LogP) is 2.45. The summed E-state index contributed by atoms with van der Waals surface area (Å²) in [6.07, 6.45) is 2.03. The van der Waals surface area contributed by atoms with Crippen LogP contribution in [0.1, 0.15) is 31.2 Å². The Hall–Kier alpha value is -1.42. The summed E-state index contributed by atoms with van der Waals surface area (Å²) in [6, 6.07) is 7.61.